The molecule has 4 rings (SSSR count). The molecule has 2 aromatic carbocycles. The molecule has 2 aromatic rings. The van der Waals surface area contributed by atoms with E-state index in [9.17, 15) is 29.6 Å². The van der Waals surface area contributed by atoms with E-state index in [1.165, 1.54) is 4.90 Å². The van der Waals surface area contributed by atoms with E-state index in [2.05, 4.69) is 15.9 Å². The normalized spacial score (nSPS) is 26.2. The van der Waals surface area contributed by atoms with E-state index >= 15 is 0 Å². The molecule has 0 amide bonds. The maximum Gasteiger partial charge on any atom is 0.340 e. The number of carboxylic acid groups (broad SMARTS) is 1. The highest BCUT2D eigenvalue weighted by Crippen LogP contribution is 2.54. The first kappa shape index (κ1) is 21.9. The van der Waals surface area contributed by atoms with Crippen molar-refractivity contribution in [2.24, 2.45) is 5.92 Å². The van der Waals surface area contributed by atoms with Gasteiger partial charge in [0, 0.05) is 27.2 Å². The monoisotopic (exact) mass is 502 g/mol. The number of piperidine rings is 1. The summed E-state index contributed by atoms with van der Waals surface area (Å²) in [5.41, 5.74) is -0.989. The fourth-order valence-corrected chi connectivity index (χ4v) is 5.51. The van der Waals surface area contributed by atoms with Crippen LogP contribution in [0.2, 0.25) is 0 Å². The Morgan fingerprint density at radius 3 is 2.56 bits per heavy atom. The van der Waals surface area contributed by atoms with Crippen molar-refractivity contribution in [3.63, 3.8) is 0 Å². The van der Waals surface area contributed by atoms with Gasteiger partial charge in [0.15, 0.2) is 0 Å². The van der Waals surface area contributed by atoms with Gasteiger partial charge in [-0.3, -0.25) is 19.7 Å². The molecule has 0 unspecified atom stereocenters. The molecular formula is C22H19BrN2O7. The van der Waals surface area contributed by atoms with Crippen LogP contribution in [0.5, 0.6) is 0 Å². The van der Waals surface area contributed by atoms with E-state index in [-0.39, 0.29) is 12.1 Å². The number of benzene rings is 2. The number of aliphatic carboxylic acids is 1. The third-order valence-electron chi connectivity index (χ3n) is 6.29. The summed E-state index contributed by atoms with van der Waals surface area (Å²) >= 11 is 3.33. The zero-order valence-electron chi connectivity index (χ0n) is 16.9. The lowest BCUT2D eigenvalue weighted by Gasteiger charge is -2.49. The molecule has 0 aromatic heterocycles. The van der Waals surface area contributed by atoms with Gasteiger partial charge in [-0.15, -0.1) is 0 Å². The summed E-state index contributed by atoms with van der Waals surface area (Å²) in [5, 5.41) is 21.8. The zero-order valence-corrected chi connectivity index (χ0v) is 18.5. The molecule has 1 N–H and O–H groups in total. The van der Waals surface area contributed by atoms with E-state index in [0.717, 1.165) is 7.11 Å². The van der Waals surface area contributed by atoms with Crippen molar-refractivity contribution in [1.82, 2.24) is 0 Å². The minimum absolute atomic E-state index is 0.156. The molecule has 2 heterocycles. The maximum atomic E-state index is 13.9. The predicted molar refractivity (Wildman–Crippen MR) is 116 cm³/mol. The number of hydrogen-bond donors (Lipinski definition) is 1. The zero-order chi connectivity index (χ0) is 23.2. The van der Waals surface area contributed by atoms with Crippen molar-refractivity contribution < 1.29 is 29.2 Å². The fraction of sp³-hybridized carbons (Fsp3) is 0.318. The van der Waals surface area contributed by atoms with Crippen LogP contribution < -0.4 is 4.90 Å². The maximum absolute atomic E-state index is 13.9. The molecule has 2 aliphatic heterocycles. The molecule has 0 saturated carbocycles. The Morgan fingerprint density at radius 1 is 1.28 bits per heavy atom. The lowest BCUT2D eigenvalue weighted by atomic mass is 9.65. The van der Waals surface area contributed by atoms with Crippen molar-refractivity contribution in [2.45, 2.75) is 23.9 Å². The summed E-state index contributed by atoms with van der Waals surface area (Å²) in [4.78, 5) is 52.1. The van der Waals surface area contributed by atoms with Crippen LogP contribution >= 0.6 is 15.9 Å². The number of halogens is 1. The van der Waals surface area contributed by atoms with Gasteiger partial charge in [-0.1, -0.05) is 46.3 Å². The first-order chi connectivity index (χ1) is 15.2. The predicted octanol–water partition coefficient (Wildman–Crippen LogP) is 2.90. The van der Waals surface area contributed by atoms with Gasteiger partial charge in [-0.2, -0.15) is 0 Å². The SMILES string of the molecule is COC(=O)[C@]12C(=O)c3cc(Br)ccc3N1C[C@@H](CC(=O)O)[C@H]([N+](=O)[O-])[C@H]2c1ccccc1. The average Bonchev–Trinajstić information content (AvgIpc) is 3.00. The number of carbonyl (C=O) groups is 3. The summed E-state index contributed by atoms with van der Waals surface area (Å²) in [5.74, 6) is -4.92. The van der Waals surface area contributed by atoms with Crippen LogP contribution in [-0.2, 0) is 14.3 Å². The molecule has 2 aliphatic rings. The Kier molecular flexibility index (Phi) is 5.49. The Bertz CT molecular complexity index is 1120. The van der Waals surface area contributed by atoms with Crippen molar-refractivity contribution in [1.29, 1.82) is 0 Å². The number of rotatable bonds is 5. The average molecular weight is 503 g/mol. The van der Waals surface area contributed by atoms with E-state index in [1.54, 1.807) is 48.5 Å². The fourth-order valence-electron chi connectivity index (χ4n) is 5.14. The second-order valence-corrected chi connectivity index (χ2v) is 8.80. The molecule has 166 valence electrons. The Hall–Kier alpha value is -3.27. The smallest absolute Gasteiger partial charge is 0.340 e. The van der Waals surface area contributed by atoms with Gasteiger partial charge in [0.1, 0.15) is 0 Å². The summed E-state index contributed by atoms with van der Waals surface area (Å²) < 4.78 is 5.68. The highest BCUT2D eigenvalue weighted by Gasteiger charge is 2.71. The van der Waals surface area contributed by atoms with Crippen LogP contribution in [0, 0.1) is 16.0 Å². The summed E-state index contributed by atoms with van der Waals surface area (Å²) in [6, 6.07) is 11.7. The van der Waals surface area contributed by atoms with Crippen LogP contribution in [0.3, 0.4) is 0 Å². The number of nitrogens with zero attached hydrogens (tertiary/aromatic N) is 2. The molecule has 0 spiro atoms. The number of hydrogen-bond acceptors (Lipinski definition) is 7. The minimum atomic E-state index is -2.02. The van der Waals surface area contributed by atoms with Crippen LogP contribution in [0.1, 0.15) is 28.3 Å². The molecule has 32 heavy (non-hydrogen) atoms. The Labute approximate surface area is 191 Å². The number of Topliss-reactive ketones (excluding diaryl/α,β-unsaturated/α-hetero) is 1. The van der Waals surface area contributed by atoms with Crippen molar-refractivity contribution in [2.75, 3.05) is 18.6 Å². The standard InChI is InChI=1S/C22H19BrN2O7/c1-32-21(29)22-18(12-5-3-2-4-6-12)19(25(30)31)13(9-17(26)27)11-24(22)16-8-7-14(23)10-15(16)20(22)28/h2-8,10,13,18-19H,9,11H2,1H3,(H,26,27)/t13-,18-,19+,22+/m1/s1. The van der Waals surface area contributed by atoms with E-state index in [4.69, 9.17) is 4.74 Å². The molecule has 0 radical (unpaired) electrons. The first-order valence-corrected chi connectivity index (χ1v) is 10.6. The number of anilines is 1. The van der Waals surface area contributed by atoms with Gasteiger partial charge >= 0.3 is 11.9 Å². The molecule has 0 aliphatic carbocycles. The highest BCUT2D eigenvalue weighted by atomic mass is 79.9. The van der Waals surface area contributed by atoms with Crippen LogP contribution in [-0.4, -0.2) is 53.0 Å². The van der Waals surface area contributed by atoms with Crippen LogP contribution in [0.4, 0.5) is 5.69 Å². The number of carbonyl (C=O) groups excluding carboxylic acids is 2. The molecule has 1 saturated heterocycles. The second kappa shape index (κ2) is 8.01. The Balaban J connectivity index is 2.05. The van der Waals surface area contributed by atoms with Crippen molar-refractivity contribution in [3.05, 3.63) is 74.2 Å². The van der Waals surface area contributed by atoms with E-state index in [0.29, 0.717) is 15.7 Å². The highest BCUT2D eigenvalue weighted by molar-refractivity contribution is 9.10. The third-order valence-corrected chi connectivity index (χ3v) is 6.79. The lowest BCUT2D eigenvalue weighted by molar-refractivity contribution is -0.539. The number of fused-ring (bicyclic) bond motifs is 3. The molecular weight excluding hydrogens is 484 g/mol. The molecule has 10 heteroatoms. The molecule has 4 atom stereocenters. The summed E-state index contributed by atoms with van der Waals surface area (Å²) in [6.07, 6.45) is -0.483. The molecule has 1 fully saturated rings. The number of ketones is 1. The molecule has 9 nitrogen and oxygen atoms in total. The number of methoxy groups -OCH3 is 1. The first-order valence-electron chi connectivity index (χ1n) is 9.84. The number of carboxylic acids is 1. The van der Waals surface area contributed by atoms with Crippen LogP contribution in [0.25, 0.3) is 0 Å². The minimum Gasteiger partial charge on any atom is -0.481 e. The third kappa shape index (κ3) is 3.09. The van der Waals surface area contributed by atoms with E-state index < -0.39 is 52.5 Å². The van der Waals surface area contributed by atoms with Gasteiger partial charge in [0.2, 0.25) is 17.4 Å². The van der Waals surface area contributed by atoms with Crippen molar-refractivity contribution >= 4 is 39.3 Å². The number of nitro groups is 1. The van der Waals surface area contributed by atoms with Gasteiger partial charge in [0.05, 0.1) is 25.4 Å². The van der Waals surface area contributed by atoms with Crippen LogP contribution in [0.15, 0.2) is 53.0 Å². The van der Waals surface area contributed by atoms with Crippen molar-refractivity contribution in [3.8, 4) is 0 Å². The molecule has 0 bridgehead atoms. The van der Waals surface area contributed by atoms with E-state index in [1.807, 2.05) is 0 Å². The topological polar surface area (TPSA) is 127 Å². The quantitative estimate of drug-likeness (QED) is 0.286. The number of esters is 1. The number of ether oxygens (including phenoxy) is 1. The van der Waals surface area contributed by atoms with Gasteiger partial charge in [-0.05, 0) is 23.8 Å². The Morgan fingerprint density at radius 2 is 1.97 bits per heavy atom. The van der Waals surface area contributed by atoms with Gasteiger partial charge in [-0.25, -0.2) is 4.79 Å². The largest absolute Gasteiger partial charge is 0.481 e. The summed E-state index contributed by atoms with van der Waals surface area (Å²) in [7, 11) is 1.13. The van der Waals surface area contributed by atoms with Gasteiger partial charge in [0.25, 0.3) is 0 Å². The lowest BCUT2D eigenvalue weighted by Crippen LogP contribution is -2.70. The second-order valence-electron chi connectivity index (χ2n) is 7.88. The van der Waals surface area contributed by atoms with Gasteiger partial charge < -0.3 is 14.7 Å². The summed E-state index contributed by atoms with van der Waals surface area (Å²) in [6.45, 7) is -0.156.